The van der Waals surface area contributed by atoms with E-state index in [1.54, 1.807) is 18.2 Å². The van der Waals surface area contributed by atoms with E-state index in [0.717, 1.165) is 29.0 Å². The summed E-state index contributed by atoms with van der Waals surface area (Å²) in [7, 11) is 0. The second-order valence-corrected chi connectivity index (χ2v) is 4.42. The highest BCUT2D eigenvalue weighted by Crippen LogP contribution is 2.19. The number of rotatable bonds is 6. The second-order valence-electron chi connectivity index (χ2n) is 3.99. The summed E-state index contributed by atoms with van der Waals surface area (Å²) in [6, 6.07) is 9.82. The number of allylic oxidation sites excluding steroid dienone is 6. The van der Waals surface area contributed by atoms with Crippen LogP contribution in [0.2, 0.25) is 5.02 Å². The van der Waals surface area contributed by atoms with E-state index in [-0.39, 0.29) is 0 Å². The first-order valence-corrected chi connectivity index (χ1v) is 6.37. The quantitative estimate of drug-likeness (QED) is 0.525. The van der Waals surface area contributed by atoms with Gasteiger partial charge in [0, 0.05) is 11.1 Å². The first-order chi connectivity index (χ1) is 9.21. The fourth-order valence-corrected chi connectivity index (χ4v) is 1.87. The third-order valence-corrected chi connectivity index (χ3v) is 2.98. The summed E-state index contributed by atoms with van der Waals surface area (Å²) < 4.78 is 0. The molecule has 0 saturated heterocycles. The van der Waals surface area contributed by atoms with Crippen LogP contribution in [0.15, 0.2) is 72.9 Å². The molecule has 0 aliphatic rings. The van der Waals surface area contributed by atoms with Crippen molar-refractivity contribution in [3.8, 4) is 6.07 Å². The minimum Gasteiger partial charge on any atom is -0.193 e. The lowest BCUT2D eigenvalue weighted by atomic mass is 9.97. The summed E-state index contributed by atoms with van der Waals surface area (Å²) >= 11 is 5.85. The molecule has 1 aromatic carbocycles. The molecule has 2 heteroatoms. The molecule has 0 aromatic heterocycles. The summed E-state index contributed by atoms with van der Waals surface area (Å²) in [6.07, 6.45) is 8.50. The molecule has 0 atom stereocenters. The zero-order valence-corrected chi connectivity index (χ0v) is 11.5. The minimum absolute atomic E-state index is 0.731. The molecule has 0 radical (unpaired) electrons. The SMILES string of the molecule is C=C/C=C(C=C)/C(=C\C#N)CCc1ccc(Cl)cc1. The summed E-state index contributed by atoms with van der Waals surface area (Å²) in [5.74, 6) is 0. The summed E-state index contributed by atoms with van der Waals surface area (Å²) in [6.45, 7) is 7.44. The van der Waals surface area contributed by atoms with Crippen LogP contribution < -0.4 is 0 Å². The van der Waals surface area contributed by atoms with Crippen molar-refractivity contribution < 1.29 is 0 Å². The average Bonchev–Trinajstić information content (AvgIpc) is 2.43. The Morgan fingerprint density at radius 3 is 2.47 bits per heavy atom. The predicted molar refractivity (Wildman–Crippen MR) is 81.9 cm³/mol. The van der Waals surface area contributed by atoms with Gasteiger partial charge in [-0.25, -0.2) is 0 Å². The predicted octanol–water partition coefficient (Wildman–Crippen LogP) is 5.02. The molecule has 1 nitrogen and oxygen atoms in total. The van der Waals surface area contributed by atoms with Crippen LogP contribution in [-0.2, 0) is 6.42 Å². The molecule has 0 aliphatic heterocycles. The van der Waals surface area contributed by atoms with Crippen molar-refractivity contribution in [2.24, 2.45) is 0 Å². The average molecular weight is 270 g/mol. The Balaban J connectivity index is 2.81. The molecule has 0 spiro atoms. The monoisotopic (exact) mass is 269 g/mol. The zero-order chi connectivity index (χ0) is 14.1. The highest BCUT2D eigenvalue weighted by molar-refractivity contribution is 6.30. The fraction of sp³-hybridized carbons (Fsp3) is 0.118. The first kappa shape index (κ1) is 15.0. The van der Waals surface area contributed by atoms with Crippen molar-refractivity contribution in [1.82, 2.24) is 0 Å². The maximum absolute atomic E-state index is 8.85. The number of hydrogen-bond donors (Lipinski definition) is 0. The number of benzene rings is 1. The molecule has 19 heavy (non-hydrogen) atoms. The van der Waals surface area contributed by atoms with E-state index in [4.69, 9.17) is 16.9 Å². The molecule has 0 amide bonds. The normalized spacial score (nSPS) is 11.8. The van der Waals surface area contributed by atoms with Crippen LogP contribution in [0, 0.1) is 11.3 Å². The Bertz CT molecular complexity index is 542. The van der Waals surface area contributed by atoms with Gasteiger partial charge in [0.05, 0.1) is 6.07 Å². The number of nitrogens with zero attached hydrogens (tertiary/aromatic N) is 1. The lowest BCUT2D eigenvalue weighted by Crippen LogP contribution is -1.92. The van der Waals surface area contributed by atoms with Gasteiger partial charge < -0.3 is 0 Å². The molecule has 0 N–H and O–H groups in total. The van der Waals surface area contributed by atoms with Crippen molar-refractivity contribution in [3.63, 3.8) is 0 Å². The Labute approximate surface area is 119 Å². The van der Waals surface area contributed by atoms with E-state index >= 15 is 0 Å². The van der Waals surface area contributed by atoms with Crippen molar-refractivity contribution in [1.29, 1.82) is 5.26 Å². The molecule has 1 rings (SSSR count). The highest BCUT2D eigenvalue weighted by Gasteiger charge is 2.02. The van der Waals surface area contributed by atoms with Gasteiger partial charge in [-0.1, -0.05) is 55.1 Å². The van der Waals surface area contributed by atoms with Crippen molar-refractivity contribution >= 4 is 11.6 Å². The zero-order valence-electron chi connectivity index (χ0n) is 10.8. The van der Waals surface area contributed by atoms with Gasteiger partial charge in [0.15, 0.2) is 0 Å². The Hall–Kier alpha value is -2.04. The molecule has 0 fully saturated rings. The lowest BCUT2D eigenvalue weighted by molar-refractivity contribution is 0.955. The van der Waals surface area contributed by atoms with Crippen LogP contribution in [0.5, 0.6) is 0 Å². The third kappa shape index (κ3) is 4.99. The smallest absolute Gasteiger partial charge is 0.0915 e. The molecule has 0 heterocycles. The summed E-state index contributed by atoms with van der Waals surface area (Å²) in [5, 5.41) is 9.58. The van der Waals surface area contributed by atoms with Gasteiger partial charge >= 0.3 is 0 Å². The molecule has 0 unspecified atom stereocenters. The standard InChI is InChI=1S/C17H16ClN/c1-3-5-15(4-2)16(12-13-19)9-6-14-7-10-17(18)11-8-14/h3-5,7-8,10-12H,1-2,6,9H2/b15-5+,16-12-. The van der Waals surface area contributed by atoms with Crippen LogP contribution in [0.3, 0.4) is 0 Å². The van der Waals surface area contributed by atoms with Crippen molar-refractivity contribution in [2.75, 3.05) is 0 Å². The van der Waals surface area contributed by atoms with Crippen LogP contribution >= 0.6 is 11.6 Å². The number of halogens is 1. The number of hydrogen-bond acceptors (Lipinski definition) is 1. The molecule has 0 saturated carbocycles. The Morgan fingerprint density at radius 1 is 1.26 bits per heavy atom. The van der Waals surface area contributed by atoms with E-state index < -0.39 is 0 Å². The lowest BCUT2D eigenvalue weighted by Gasteiger charge is -2.07. The maximum atomic E-state index is 8.85. The Kier molecular flexibility index (Phi) is 6.43. The van der Waals surface area contributed by atoms with E-state index in [0.29, 0.717) is 0 Å². The summed E-state index contributed by atoms with van der Waals surface area (Å²) in [4.78, 5) is 0. The van der Waals surface area contributed by atoms with Crippen LogP contribution in [0.4, 0.5) is 0 Å². The fourth-order valence-electron chi connectivity index (χ4n) is 1.74. The van der Waals surface area contributed by atoms with E-state index in [1.165, 1.54) is 5.56 Å². The van der Waals surface area contributed by atoms with Crippen molar-refractivity contribution in [3.05, 3.63) is 83.5 Å². The molecule has 96 valence electrons. The van der Waals surface area contributed by atoms with Gasteiger partial charge in [-0.3, -0.25) is 0 Å². The number of aryl methyl sites for hydroxylation is 1. The van der Waals surface area contributed by atoms with Gasteiger partial charge in [0.25, 0.3) is 0 Å². The molecular weight excluding hydrogens is 254 g/mol. The van der Waals surface area contributed by atoms with E-state index in [2.05, 4.69) is 19.2 Å². The van der Waals surface area contributed by atoms with Crippen LogP contribution in [0.25, 0.3) is 0 Å². The van der Waals surface area contributed by atoms with Gasteiger partial charge in [0.2, 0.25) is 0 Å². The molecule has 1 aromatic rings. The topological polar surface area (TPSA) is 23.8 Å². The van der Waals surface area contributed by atoms with Gasteiger partial charge in [-0.2, -0.15) is 5.26 Å². The third-order valence-electron chi connectivity index (χ3n) is 2.72. The first-order valence-electron chi connectivity index (χ1n) is 6.00. The molecular formula is C17H16ClN. The van der Waals surface area contributed by atoms with E-state index in [9.17, 15) is 0 Å². The Morgan fingerprint density at radius 2 is 1.95 bits per heavy atom. The van der Waals surface area contributed by atoms with Gasteiger partial charge in [0.1, 0.15) is 0 Å². The summed E-state index contributed by atoms with van der Waals surface area (Å²) in [5.41, 5.74) is 3.09. The minimum atomic E-state index is 0.731. The van der Waals surface area contributed by atoms with Gasteiger partial charge in [-0.05, 0) is 41.7 Å². The second kappa shape index (κ2) is 8.13. The van der Waals surface area contributed by atoms with Crippen molar-refractivity contribution in [2.45, 2.75) is 12.8 Å². The van der Waals surface area contributed by atoms with Crippen LogP contribution in [0.1, 0.15) is 12.0 Å². The molecule has 0 bridgehead atoms. The highest BCUT2D eigenvalue weighted by atomic mass is 35.5. The van der Waals surface area contributed by atoms with E-state index in [1.807, 2.05) is 30.3 Å². The molecule has 0 aliphatic carbocycles. The number of nitriles is 1. The largest absolute Gasteiger partial charge is 0.193 e. The van der Waals surface area contributed by atoms with Gasteiger partial charge in [-0.15, -0.1) is 0 Å². The van der Waals surface area contributed by atoms with Crippen LogP contribution in [-0.4, -0.2) is 0 Å². The maximum Gasteiger partial charge on any atom is 0.0915 e.